The van der Waals surface area contributed by atoms with E-state index in [0.29, 0.717) is 27.0 Å². The van der Waals surface area contributed by atoms with Crippen LogP contribution in [0.3, 0.4) is 0 Å². The van der Waals surface area contributed by atoms with Gasteiger partial charge in [-0.25, -0.2) is 0 Å². The van der Waals surface area contributed by atoms with Crippen molar-refractivity contribution in [2.45, 2.75) is 26.2 Å². The van der Waals surface area contributed by atoms with Gasteiger partial charge in [0.1, 0.15) is 12.4 Å². The summed E-state index contributed by atoms with van der Waals surface area (Å²) in [6.45, 7) is 0.487. The number of thiol groups is 4. The fraction of sp³-hybridized carbons (Fsp3) is 0.0769. The maximum atomic E-state index is 5.73. The first kappa shape index (κ1) is 14.1. The van der Waals surface area contributed by atoms with Gasteiger partial charge in [-0.05, 0) is 11.6 Å². The lowest BCUT2D eigenvalue weighted by molar-refractivity contribution is 0.296. The van der Waals surface area contributed by atoms with Crippen molar-refractivity contribution < 1.29 is 4.74 Å². The third-order valence-electron chi connectivity index (χ3n) is 2.43. The Hall–Kier alpha value is -0.360. The molecule has 1 nitrogen and oxygen atoms in total. The van der Waals surface area contributed by atoms with Gasteiger partial charge in [0, 0.05) is 14.7 Å². The molecular formula is C13H12OS4. The molecule has 0 aliphatic heterocycles. The Morgan fingerprint density at radius 1 is 0.833 bits per heavy atom. The molecule has 0 N–H and O–H groups in total. The molecule has 0 saturated carbocycles. The van der Waals surface area contributed by atoms with Gasteiger partial charge in [0.05, 0.1) is 4.90 Å². The number of rotatable bonds is 3. The topological polar surface area (TPSA) is 9.23 Å². The average Bonchev–Trinajstić information content (AvgIpc) is 2.40. The van der Waals surface area contributed by atoms with Gasteiger partial charge in [-0.3, -0.25) is 0 Å². The normalized spacial score (nSPS) is 10.4. The second-order valence-electron chi connectivity index (χ2n) is 3.71. The molecule has 0 aliphatic carbocycles. The molecule has 2 rings (SSSR count). The van der Waals surface area contributed by atoms with Crippen LogP contribution in [0.1, 0.15) is 5.56 Å². The number of benzene rings is 2. The highest BCUT2D eigenvalue weighted by atomic mass is 32.1. The molecule has 5 heteroatoms. The molecule has 0 aliphatic rings. The third kappa shape index (κ3) is 3.15. The van der Waals surface area contributed by atoms with Gasteiger partial charge < -0.3 is 4.74 Å². The van der Waals surface area contributed by atoms with Crippen LogP contribution in [0, 0.1) is 0 Å². The van der Waals surface area contributed by atoms with Crippen LogP contribution in [-0.4, -0.2) is 0 Å². The lowest BCUT2D eigenvalue weighted by atomic mass is 10.2. The summed E-state index contributed by atoms with van der Waals surface area (Å²) in [5.74, 6) is 0.662. The summed E-state index contributed by atoms with van der Waals surface area (Å²) in [6, 6.07) is 11.7. The molecule has 94 valence electrons. The molecule has 0 spiro atoms. The van der Waals surface area contributed by atoms with E-state index in [1.54, 1.807) is 6.07 Å². The van der Waals surface area contributed by atoms with Gasteiger partial charge in [-0.2, -0.15) is 0 Å². The fourth-order valence-electron chi connectivity index (χ4n) is 1.46. The summed E-state index contributed by atoms with van der Waals surface area (Å²) in [5.41, 5.74) is 1.10. The SMILES string of the molecule is Sc1cc(OCc2ccccc2)c(S)c(S)c1S. The van der Waals surface area contributed by atoms with Crippen LogP contribution in [-0.2, 0) is 6.61 Å². The standard InChI is InChI=1S/C13H12OS4/c15-10-6-9(11(16)13(18)12(10)17)14-7-8-4-2-1-3-5-8/h1-6,15-18H,7H2. The highest BCUT2D eigenvalue weighted by Crippen LogP contribution is 2.38. The van der Waals surface area contributed by atoms with E-state index in [2.05, 4.69) is 50.5 Å². The highest BCUT2D eigenvalue weighted by Gasteiger charge is 2.10. The summed E-state index contributed by atoms with van der Waals surface area (Å²) in [5, 5.41) is 0. The Bertz CT molecular complexity index is 555. The zero-order chi connectivity index (χ0) is 13.1. The monoisotopic (exact) mass is 312 g/mol. The predicted molar refractivity (Wildman–Crippen MR) is 86.2 cm³/mol. The lowest BCUT2D eigenvalue weighted by Crippen LogP contribution is -1.97. The van der Waals surface area contributed by atoms with Crippen molar-refractivity contribution in [1.29, 1.82) is 0 Å². The number of hydrogen-bond acceptors (Lipinski definition) is 5. The molecule has 2 aromatic carbocycles. The van der Waals surface area contributed by atoms with Gasteiger partial charge in [-0.1, -0.05) is 30.3 Å². The minimum atomic E-state index is 0.487. The van der Waals surface area contributed by atoms with Crippen LogP contribution in [0.25, 0.3) is 0 Å². The Labute approximate surface area is 129 Å². The molecule has 0 atom stereocenters. The maximum absolute atomic E-state index is 5.73. The number of hydrogen-bond donors (Lipinski definition) is 4. The summed E-state index contributed by atoms with van der Waals surface area (Å²) in [7, 11) is 0. The molecule has 0 fully saturated rings. The third-order valence-corrected chi connectivity index (χ3v) is 4.67. The molecule has 0 saturated heterocycles. The van der Waals surface area contributed by atoms with Gasteiger partial charge in [0.25, 0.3) is 0 Å². The predicted octanol–water partition coefficient (Wildman–Crippen LogP) is 4.42. The molecule has 0 heterocycles. The zero-order valence-electron chi connectivity index (χ0n) is 9.37. The molecular weight excluding hydrogens is 300 g/mol. The van der Waals surface area contributed by atoms with Crippen LogP contribution < -0.4 is 4.74 Å². The summed E-state index contributed by atoms with van der Waals surface area (Å²) in [4.78, 5) is 2.79. The van der Waals surface area contributed by atoms with Gasteiger partial charge in [-0.15, -0.1) is 50.5 Å². The Morgan fingerprint density at radius 2 is 1.50 bits per heavy atom. The maximum Gasteiger partial charge on any atom is 0.135 e. The van der Waals surface area contributed by atoms with E-state index in [1.165, 1.54) is 0 Å². The Balaban J connectivity index is 2.20. The fourth-order valence-corrected chi connectivity index (χ4v) is 2.51. The average molecular weight is 313 g/mol. The smallest absolute Gasteiger partial charge is 0.135 e. The van der Waals surface area contributed by atoms with E-state index in [0.717, 1.165) is 10.5 Å². The van der Waals surface area contributed by atoms with Crippen molar-refractivity contribution in [3.63, 3.8) is 0 Å². The minimum Gasteiger partial charge on any atom is -0.488 e. The lowest BCUT2D eigenvalue weighted by Gasteiger charge is -2.13. The van der Waals surface area contributed by atoms with E-state index in [9.17, 15) is 0 Å². The van der Waals surface area contributed by atoms with E-state index >= 15 is 0 Å². The largest absolute Gasteiger partial charge is 0.488 e. The molecule has 18 heavy (non-hydrogen) atoms. The summed E-state index contributed by atoms with van der Waals surface area (Å²) < 4.78 is 5.73. The highest BCUT2D eigenvalue weighted by molar-refractivity contribution is 7.86. The van der Waals surface area contributed by atoms with Gasteiger partial charge in [0.15, 0.2) is 0 Å². The minimum absolute atomic E-state index is 0.487. The van der Waals surface area contributed by atoms with Crippen molar-refractivity contribution in [1.82, 2.24) is 0 Å². The first-order valence-corrected chi connectivity index (χ1v) is 7.02. The molecule has 0 amide bonds. The van der Waals surface area contributed by atoms with Crippen molar-refractivity contribution in [3.8, 4) is 5.75 Å². The zero-order valence-corrected chi connectivity index (χ0v) is 12.9. The Morgan fingerprint density at radius 3 is 2.17 bits per heavy atom. The van der Waals surface area contributed by atoms with Crippen LogP contribution >= 0.6 is 50.5 Å². The van der Waals surface area contributed by atoms with Crippen molar-refractivity contribution in [3.05, 3.63) is 42.0 Å². The van der Waals surface area contributed by atoms with Crippen molar-refractivity contribution in [2.24, 2.45) is 0 Å². The second-order valence-corrected chi connectivity index (χ2v) is 5.54. The molecule has 2 aromatic rings. The van der Waals surface area contributed by atoms with Gasteiger partial charge >= 0.3 is 0 Å². The number of ether oxygens (including phenoxy) is 1. The quantitative estimate of drug-likeness (QED) is 0.614. The van der Waals surface area contributed by atoms with Crippen LogP contribution in [0.2, 0.25) is 0 Å². The molecule has 0 bridgehead atoms. The molecule has 0 unspecified atom stereocenters. The van der Waals surface area contributed by atoms with E-state index < -0.39 is 0 Å². The Kier molecular flexibility index (Phi) is 4.84. The first-order valence-electron chi connectivity index (χ1n) is 5.23. The van der Waals surface area contributed by atoms with E-state index in [4.69, 9.17) is 4.74 Å². The van der Waals surface area contributed by atoms with Crippen molar-refractivity contribution in [2.75, 3.05) is 0 Å². The van der Waals surface area contributed by atoms with Crippen LogP contribution in [0.15, 0.2) is 56.0 Å². The summed E-state index contributed by atoms with van der Waals surface area (Å²) in [6.07, 6.45) is 0. The van der Waals surface area contributed by atoms with Crippen LogP contribution in [0.4, 0.5) is 0 Å². The van der Waals surface area contributed by atoms with Gasteiger partial charge in [0.2, 0.25) is 0 Å². The molecule has 0 aromatic heterocycles. The first-order chi connectivity index (χ1) is 8.59. The van der Waals surface area contributed by atoms with E-state index in [1.807, 2.05) is 30.3 Å². The molecule has 0 radical (unpaired) electrons. The van der Waals surface area contributed by atoms with Crippen molar-refractivity contribution >= 4 is 50.5 Å². The summed E-state index contributed by atoms with van der Waals surface area (Å²) >= 11 is 17.4. The second kappa shape index (κ2) is 6.19. The van der Waals surface area contributed by atoms with Crippen LogP contribution in [0.5, 0.6) is 5.75 Å². The van der Waals surface area contributed by atoms with E-state index in [-0.39, 0.29) is 0 Å².